The zero-order valence-corrected chi connectivity index (χ0v) is 12.5. The Morgan fingerprint density at radius 1 is 1.56 bits per heavy atom. The van der Waals surface area contributed by atoms with E-state index in [2.05, 4.69) is 15.9 Å². The Balaban J connectivity index is 2.78. The highest BCUT2D eigenvalue weighted by molar-refractivity contribution is 9.10. The third-order valence-electron chi connectivity index (χ3n) is 2.41. The van der Waals surface area contributed by atoms with E-state index >= 15 is 0 Å². The Bertz CT molecular complexity index is 460. The van der Waals surface area contributed by atoms with Crippen molar-refractivity contribution < 1.29 is 14.6 Å². The number of carboxylic acid groups (broad SMARTS) is 1. The van der Waals surface area contributed by atoms with Crippen LogP contribution in [0.3, 0.4) is 0 Å². The van der Waals surface area contributed by atoms with Crippen LogP contribution in [0.5, 0.6) is 5.75 Å². The Hall–Kier alpha value is -1.00. The highest BCUT2D eigenvalue weighted by Crippen LogP contribution is 2.31. The van der Waals surface area contributed by atoms with Gasteiger partial charge in [-0.1, -0.05) is 34.5 Å². The maximum Gasteiger partial charge on any atom is 0.331 e. The highest BCUT2D eigenvalue weighted by Gasteiger charge is 2.08. The molecular formula is C13H14BrClO3. The van der Waals surface area contributed by atoms with Gasteiger partial charge in [-0.15, -0.1) is 0 Å². The fraction of sp³-hybridized carbons (Fsp3) is 0.308. The van der Waals surface area contributed by atoms with Crippen LogP contribution in [0, 0.1) is 6.92 Å². The molecule has 98 valence electrons. The first-order valence-electron chi connectivity index (χ1n) is 5.46. The van der Waals surface area contributed by atoms with E-state index in [1.807, 2.05) is 13.0 Å². The number of carbonyl (C=O) groups is 1. The number of aryl methyl sites for hydroxylation is 1. The molecule has 0 saturated carbocycles. The van der Waals surface area contributed by atoms with Crippen molar-refractivity contribution in [1.29, 1.82) is 0 Å². The summed E-state index contributed by atoms with van der Waals surface area (Å²) < 4.78 is 6.39. The number of aliphatic carboxylic acids is 1. The SMILES string of the molecule is CCC(=CCOc1c(C)cc(Br)cc1Cl)C(=O)O. The fourth-order valence-corrected chi connectivity index (χ4v) is 2.51. The van der Waals surface area contributed by atoms with Gasteiger partial charge in [0.25, 0.3) is 0 Å². The van der Waals surface area contributed by atoms with Gasteiger partial charge in [0, 0.05) is 10.0 Å². The Morgan fingerprint density at radius 2 is 2.22 bits per heavy atom. The van der Waals surface area contributed by atoms with Gasteiger partial charge in [0.2, 0.25) is 0 Å². The number of ether oxygens (including phenoxy) is 1. The summed E-state index contributed by atoms with van der Waals surface area (Å²) in [7, 11) is 0. The van der Waals surface area contributed by atoms with Crippen LogP contribution in [0.2, 0.25) is 5.02 Å². The molecule has 1 rings (SSSR count). The molecule has 0 fully saturated rings. The van der Waals surface area contributed by atoms with E-state index in [9.17, 15) is 4.79 Å². The summed E-state index contributed by atoms with van der Waals surface area (Å²) in [6.07, 6.45) is 2.02. The molecule has 1 aromatic rings. The molecule has 0 spiro atoms. The third-order valence-corrected chi connectivity index (χ3v) is 3.15. The van der Waals surface area contributed by atoms with Crippen LogP contribution >= 0.6 is 27.5 Å². The lowest BCUT2D eigenvalue weighted by Gasteiger charge is -2.10. The van der Waals surface area contributed by atoms with E-state index in [-0.39, 0.29) is 6.61 Å². The first-order valence-corrected chi connectivity index (χ1v) is 6.63. The maximum atomic E-state index is 10.8. The molecule has 0 unspecified atom stereocenters. The van der Waals surface area contributed by atoms with Gasteiger partial charge in [0.05, 0.1) is 5.02 Å². The molecule has 5 heteroatoms. The quantitative estimate of drug-likeness (QED) is 0.821. The first kappa shape index (κ1) is 15.1. The van der Waals surface area contributed by atoms with Crippen LogP contribution < -0.4 is 4.74 Å². The van der Waals surface area contributed by atoms with Gasteiger partial charge in [0.15, 0.2) is 0 Å². The third kappa shape index (κ3) is 4.03. The molecule has 18 heavy (non-hydrogen) atoms. The lowest BCUT2D eigenvalue weighted by molar-refractivity contribution is -0.132. The zero-order chi connectivity index (χ0) is 13.7. The van der Waals surface area contributed by atoms with Crippen molar-refractivity contribution in [2.75, 3.05) is 6.61 Å². The van der Waals surface area contributed by atoms with E-state index < -0.39 is 5.97 Å². The van der Waals surface area contributed by atoms with Crippen LogP contribution in [0.25, 0.3) is 0 Å². The lowest BCUT2D eigenvalue weighted by atomic mass is 10.2. The fourth-order valence-electron chi connectivity index (χ4n) is 1.48. The van der Waals surface area contributed by atoms with Gasteiger partial charge in [-0.25, -0.2) is 4.79 Å². The second-order valence-electron chi connectivity index (χ2n) is 3.73. The summed E-state index contributed by atoms with van der Waals surface area (Å²) in [5.41, 5.74) is 1.23. The molecule has 0 aromatic heterocycles. The highest BCUT2D eigenvalue weighted by atomic mass is 79.9. The van der Waals surface area contributed by atoms with Gasteiger partial charge in [-0.05, 0) is 37.1 Å². The van der Waals surface area contributed by atoms with Gasteiger partial charge >= 0.3 is 5.97 Å². The summed E-state index contributed by atoms with van der Waals surface area (Å²) in [6.45, 7) is 3.86. The molecule has 0 aliphatic heterocycles. The number of halogens is 2. The van der Waals surface area contributed by atoms with E-state index in [0.29, 0.717) is 22.8 Å². The molecule has 0 bridgehead atoms. The van der Waals surface area contributed by atoms with E-state index in [0.717, 1.165) is 10.0 Å². The zero-order valence-electron chi connectivity index (χ0n) is 10.2. The van der Waals surface area contributed by atoms with Crippen molar-refractivity contribution in [3.05, 3.63) is 38.8 Å². The van der Waals surface area contributed by atoms with Crippen molar-refractivity contribution in [3.8, 4) is 5.75 Å². The molecule has 1 aromatic carbocycles. The molecule has 0 aliphatic carbocycles. The van der Waals surface area contributed by atoms with Crippen molar-refractivity contribution >= 4 is 33.5 Å². The van der Waals surface area contributed by atoms with E-state index in [1.165, 1.54) is 0 Å². The van der Waals surface area contributed by atoms with E-state index in [1.54, 1.807) is 19.1 Å². The largest absolute Gasteiger partial charge is 0.488 e. The molecule has 1 N–H and O–H groups in total. The normalized spacial score (nSPS) is 11.4. The van der Waals surface area contributed by atoms with Gasteiger partial charge in [0.1, 0.15) is 12.4 Å². The Kier molecular flexibility index (Phi) is 5.69. The molecule has 0 aliphatic rings. The van der Waals surface area contributed by atoms with Crippen LogP contribution in [-0.4, -0.2) is 17.7 Å². The summed E-state index contributed by atoms with van der Waals surface area (Å²) in [4.78, 5) is 10.8. The summed E-state index contributed by atoms with van der Waals surface area (Å²) in [5, 5.41) is 9.36. The monoisotopic (exact) mass is 332 g/mol. The van der Waals surface area contributed by atoms with Crippen LogP contribution in [0.1, 0.15) is 18.9 Å². The Labute approximate surface area is 120 Å². The number of benzene rings is 1. The molecule has 0 atom stereocenters. The number of rotatable bonds is 5. The lowest BCUT2D eigenvalue weighted by Crippen LogP contribution is -2.03. The average molecular weight is 334 g/mol. The van der Waals surface area contributed by atoms with Gasteiger partial charge in [-0.2, -0.15) is 0 Å². The predicted molar refractivity (Wildman–Crippen MR) is 75.4 cm³/mol. The smallest absolute Gasteiger partial charge is 0.331 e. The second-order valence-corrected chi connectivity index (χ2v) is 5.06. The summed E-state index contributed by atoms with van der Waals surface area (Å²) in [6, 6.07) is 3.63. The second kappa shape index (κ2) is 6.81. The van der Waals surface area contributed by atoms with Crippen LogP contribution in [0.15, 0.2) is 28.3 Å². The van der Waals surface area contributed by atoms with Gasteiger partial charge < -0.3 is 9.84 Å². The van der Waals surface area contributed by atoms with Crippen molar-refractivity contribution in [3.63, 3.8) is 0 Å². The molecule has 0 saturated heterocycles. The van der Waals surface area contributed by atoms with Crippen molar-refractivity contribution in [1.82, 2.24) is 0 Å². The van der Waals surface area contributed by atoms with Crippen LogP contribution in [0.4, 0.5) is 0 Å². The Morgan fingerprint density at radius 3 is 2.72 bits per heavy atom. The maximum absolute atomic E-state index is 10.8. The van der Waals surface area contributed by atoms with Crippen LogP contribution in [-0.2, 0) is 4.79 Å². The number of hydrogen-bond donors (Lipinski definition) is 1. The number of carboxylic acids is 1. The predicted octanol–water partition coefficient (Wildman–Crippen LogP) is 4.21. The minimum atomic E-state index is -0.917. The summed E-state index contributed by atoms with van der Waals surface area (Å²) >= 11 is 9.39. The molecular weight excluding hydrogens is 319 g/mol. The van der Waals surface area contributed by atoms with Gasteiger partial charge in [-0.3, -0.25) is 0 Å². The molecule has 0 radical (unpaired) electrons. The standard InChI is InChI=1S/C13H14BrClO3/c1-3-9(13(16)17)4-5-18-12-8(2)6-10(14)7-11(12)15/h4,6-7H,3,5H2,1-2H3,(H,16,17). The molecule has 0 heterocycles. The molecule has 0 amide bonds. The first-order chi connectivity index (χ1) is 8.45. The average Bonchev–Trinajstić information content (AvgIpc) is 2.26. The van der Waals surface area contributed by atoms with Crippen molar-refractivity contribution in [2.24, 2.45) is 0 Å². The number of hydrogen-bond acceptors (Lipinski definition) is 2. The minimum Gasteiger partial charge on any atom is -0.488 e. The summed E-state index contributed by atoms with van der Waals surface area (Å²) in [5.74, 6) is -0.336. The molecule has 3 nitrogen and oxygen atoms in total. The minimum absolute atomic E-state index is 0.192. The van der Waals surface area contributed by atoms with Crippen molar-refractivity contribution in [2.45, 2.75) is 20.3 Å². The topological polar surface area (TPSA) is 46.5 Å². The van der Waals surface area contributed by atoms with E-state index in [4.69, 9.17) is 21.4 Å².